The third-order valence-electron chi connectivity index (χ3n) is 1.64. The van der Waals surface area contributed by atoms with E-state index in [1.807, 2.05) is 0 Å². The van der Waals surface area contributed by atoms with Gasteiger partial charge in [0.2, 0.25) is 10.8 Å². The summed E-state index contributed by atoms with van der Waals surface area (Å²) in [5, 5.41) is -0.658. The van der Waals surface area contributed by atoms with Gasteiger partial charge >= 0.3 is 0 Å². The highest BCUT2D eigenvalue weighted by molar-refractivity contribution is 9.09. The lowest BCUT2D eigenvalue weighted by molar-refractivity contribution is 0.0942. The molecule has 62 valence electrons. The molecule has 1 aromatic rings. The van der Waals surface area contributed by atoms with E-state index in [2.05, 4.69) is 15.9 Å². The summed E-state index contributed by atoms with van der Waals surface area (Å²) in [4.78, 5) is 11.2. The molecular weight excluding hydrogens is 227 g/mol. The maximum atomic E-state index is 12.6. The quantitative estimate of drug-likeness (QED) is 0.639. The molecule has 1 aromatic carbocycles. The van der Waals surface area contributed by atoms with Crippen molar-refractivity contribution in [1.82, 2.24) is 0 Å². The van der Waals surface area contributed by atoms with Gasteiger partial charge in [0.1, 0.15) is 11.6 Å². The first-order chi connectivity index (χ1) is 5.68. The van der Waals surface area contributed by atoms with Crippen LogP contribution in [0, 0.1) is 5.82 Å². The van der Waals surface area contributed by atoms with E-state index in [1.165, 1.54) is 18.2 Å². The van der Waals surface area contributed by atoms with Gasteiger partial charge in [-0.1, -0.05) is 0 Å². The number of carbonyl (C=O) groups is 1. The van der Waals surface area contributed by atoms with Crippen LogP contribution in [-0.2, 0) is 0 Å². The average molecular weight is 231 g/mol. The Hall–Kier alpha value is -0.900. The number of halogens is 2. The van der Waals surface area contributed by atoms with Crippen LogP contribution in [0.2, 0.25) is 0 Å². The van der Waals surface area contributed by atoms with Gasteiger partial charge in [-0.15, -0.1) is 0 Å². The summed E-state index contributed by atoms with van der Waals surface area (Å²) < 4.78 is 17.7. The zero-order chi connectivity index (χ0) is 8.72. The molecule has 0 amide bonds. The summed E-state index contributed by atoms with van der Waals surface area (Å²) in [6, 6.07) is 3.89. The lowest BCUT2D eigenvalue weighted by atomic mass is 10.1. The number of carbonyl (C=O) groups excluding carboxylic acids is 1. The van der Waals surface area contributed by atoms with Crippen LogP contribution < -0.4 is 4.74 Å². The molecule has 0 spiro atoms. The summed E-state index contributed by atoms with van der Waals surface area (Å²) in [6.07, 6.45) is 0. The van der Waals surface area contributed by atoms with E-state index in [0.717, 1.165) is 0 Å². The summed E-state index contributed by atoms with van der Waals surface area (Å²) >= 11 is 3.01. The van der Waals surface area contributed by atoms with Gasteiger partial charge in [0.25, 0.3) is 0 Å². The Morgan fingerprint density at radius 3 is 3.00 bits per heavy atom. The Morgan fingerprint density at radius 2 is 2.25 bits per heavy atom. The van der Waals surface area contributed by atoms with Crippen molar-refractivity contribution in [3.05, 3.63) is 29.6 Å². The fourth-order valence-corrected chi connectivity index (χ4v) is 1.53. The molecule has 0 aromatic heterocycles. The Kier molecular flexibility index (Phi) is 1.65. The van der Waals surface area contributed by atoms with Crippen molar-refractivity contribution in [1.29, 1.82) is 0 Å². The number of fused-ring (bicyclic) bond motifs is 1. The summed E-state index contributed by atoms with van der Waals surface area (Å²) in [5.41, 5.74) is 0.303. The number of ether oxygens (including phenoxy) is 1. The monoisotopic (exact) mass is 230 g/mol. The van der Waals surface area contributed by atoms with Gasteiger partial charge in [-0.25, -0.2) is 4.39 Å². The van der Waals surface area contributed by atoms with Crippen LogP contribution in [0.4, 0.5) is 4.39 Å². The summed E-state index contributed by atoms with van der Waals surface area (Å²) in [6.45, 7) is 0. The maximum absolute atomic E-state index is 12.6. The second-order valence-corrected chi connectivity index (χ2v) is 3.27. The third kappa shape index (κ3) is 1.03. The molecule has 0 bridgehead atoms. The molecule has 12 heavy (non-hydrogen) atoms. The Balaban J connectivity index is 2.56. The molecule has 0 aliphatic carbocycles. The minimum atomic E-state index is -0.658. The number of hydrogen-bond acceptors (Lipinski definition) is 2. The van der Waals surface area contributed by atoms with Gasteiger partial charge in [0.05, 0.1) is 5.56 Å². The van der Waals surface area contributed by atoms with Crippen molar-refractivity contribution in [3.8, 4) is 5.75 Å². The number of alkyl halides is 1. The summed E-state index contributed by atoms with van der Waals surface area (Å²) in [7, 11) is 0. The molecule has 4 heteroatoms. The molecule has 1 atom stereocenters. The largest absolute Gasteiger partial charge is 0.470 e. The molecule has 1 aliphatic rings. The smallest absolute Gasteiger partial charge is 0.218 e. The first-order valence-corrected chi connectivity index (χ1v) is 4.24. The van der Waals surface area contributed by atoms with Crippen molar-refractivity contribution in [2.24, 2.45) is 0 Å². The standard InChI is InChI=1S/C8H4BrFO2/c9-8-7(11)5-3-4(10)1-2-6(5)12-8/h1-3,8H. The van der Waals surface area contributed by atoms with Crippen molar-refractivity contribution < 1.29 is 13.9 Å². The van der Waals surface area contributed by atoms with Crippen LogP contribution in [-0.4, -0.2) is 10.8 Å². The second kappa shape index (κ2) is 2.55. The molecule has 0 fully saturated rings. The number of Topliss-reactive ketones (excluding diaryl/α,β-unsaturated/α-hetero) is 1. The van der Waals surface area contributed by atoms with Crippen LogP contribution >= 0.6 is 15.9 Å². The predicted octanol–water partition coefficient (Wildman–Crippen LogP) is 2.12. The fraction of sp³-hybridized carbons (Fsp3) is 0.125. The molecule has 0 saturated carbocycles. The molecule has 2 rings (SSSR count). The maximum Gasteiger partial charge on any atom is 0.218 e. The molecule has 1 aliphatic heterocycles. The molecule has 1 heterocycles. The molecular formula is C8H4BrFO2. The number of rotatable bonds is 0. The van der Waals surface area contributed by atoms with Gasteiger partial charge in [0, 0.05) is 0 Å². The van der Waals surface area contributed by atoms with Crippen molar-refractivity contribution in [2.45, 2.75) is 5.01 Å². The third-order valence-corrected chi connectivity index (χ3v) is 2.25. The molecule has 0 N–H and O–H groups in total. The zero-order valence-corrected chi connectivity index (χ0v) is 7.47. The normalized spacial score (nSPS) is 20.5. The highest BCUT2D eigenvalue weighted by Crippen LogP contribution is 2.31. The fourth-order valence-electron chi connectivity index (χ4n) is 1.08. The topological polar surface area (TPSA) is 26.3 Å². The van der Waals surface area contributed by atoms with Gasteiger partial charge in [0.15, 0.2) is 0 Å². The van der Waals surface area contributed by atoms with E-state index >= 15 is 0 Å². The predicted molar refractivity (Wildman–Crippen MR) is 44.1 cm³/mol. The van der Waals surface area contributed by atoms with Crippen LogP contribution in [0.5, 0.6) is 5.75 Å². The first kappa shape index (κ1) is 7.73. The van der Waals surface area contributed by atoms with E-state index in [0.29, 0.717) is 11.3 Å². The molecule has 0 radical (unpaired) electrons. The minimum absolute atomic E-state index is 0.232. The number of hydrogen-bond donors (Lipinski definition) is 0. The minimum Gasteiger partial charge on any atom is -0.470 e. The summed E-state index contributed by atoms with van der Waals surface area (Å²) in [5.74, 6) is -0.222. The average Bonchev–Trinajstić information content (AvgIpc) is 2.31. The highest BCUT2D eigenvalue weighted by Gasteiger charge is 2.30. The van der Waals surface area contributed by atoms with Crippen LogP contribution in [0.3, 0.4) is 0 Å². The second-order valence-electron chi connectivity index (χ2n) is 2.44. The van der Waals surface area contributed by atoms with Crippen LogP contribution in [0.15, 0.2) is 18.2 Å². The van der Waals surface area contributed by atoms with Gasteiger partial charge in [-0.2, -0.15) is 0 Å². The van der Waals surface area contributed by atoms with E-state index in [9.17, 15) is 9.18 Å². The van der Waals surface area contributed by atoms with Gasteiger partial charge in [-0.3, -0.25) is 4.79 Å². The SMILES string of the molecule is O=C1c2cc(F)ccc2OC1Br. The van der Waals surface area contributed by atoms with Crippen molar-refractivity contribution in [3.63, 3.8) is 0 Å². The Morgan fingerprint density at radius 1 is 1.50 bits per heavy atom. The number of ketones is 1. The Labute approximate surface area is 76.5 Å². The van der Waals surface area contributed by atoms with Gasteiger partial charge < -0.3 is 4.74 Å². The Bertz CT molecular complexity index is 351. The number of benzene rings is 1. The zero-order valence-electron chi connectivity index (χ0n) is 5.88. The van der Waals surface area contributed by atoms with Crippen LogP contribution in [0.25, 0.3) is 0 Å². The molecule has 0 saturated heterocycles. The lowest BCUT2D eigenvalue weighted by Crippen LogP contribution is -2.10. The van der Waals surface area contributed by atoms with Crippen LogP contribution in [0.1, 0.15) is 10.4 Å². The highest BCUT2D eigenvalue weighted by atomic mass is 79.9. The van der Waals surface area contributed by atoms with Crippen molar-refractivity contribution >= 4 is 21.7 Å². The molecule has 1 unspecified atom stereocenters. The van der Waals surface area contributed by atoms with E-state index in [1.54, 1.807) is 0 Å². The lowest BCUT2D eigenvalue weighted by Gasteiger charge is -1.97. The first-order valence-electron chi connectivity index (χ1n) is 3.33. The van der Waals surface area contributed by atoms with E-state index in [4.69, 9.17) is 4.74 Å². The van der Waals surface area contributed by atoms with Gasteiger partial charge in [-0.05, 0) is 34.1 Å². The van der Waals surface area contributed by atoms with E-state index < -0.39 is 10.8 Å². The van der Waals surface area contributed by atoms with Crippen molar-refractivity contribution in [2.75, 3.05) is 0 Å². The molecule has 2 nitrogen and oxygen atoms in total. The van der Waals surface area contributed by atoms with E-state index in [-0.39, 0.29) is 5.78 Å².